The Morgan fingerprint density at radius 1 is 1.40 bits per heavy atom. The summed E-state index contributed by atoms with van der Waals surface area (Å²) in [4.78, 5) is 3.99. The number of rotatable bonds is 0. The molecule has 0 unspecified atom stereocenters. The normalized spacial score (nSPS) is 11.0. The van der Waals surface area contributed by atoms with Crippen molar-refractivity contribution in [2.75, 3.05) is 0 Å². The first-order chi connectivity index (χ1) is 7.02. The van der Waals surface area contributed by atoms with Crippen LogP contribution in [0.25, 0.3) is 10.9 Å². The molecule has 0 atom stereocenters. The van der Waals surface area contributed by atoms with E-state index in [9.17, 15) is 4.39 Å². The predicted octanol–water partition coefficient (Wildman–Crippen LogP) is 4.86. The molecular formula is C10H5Br2ClFN. The molecule has 0 bridgehead atoms. The van der Waals surface area contributed by atoms with Gasteiger partial charge < -0.3 is 0 Å². The predicted molar refractivity (Wildman–Crippen MR) is 66.8 cm³/mol. The number of aromatic nitrogens is 1. The lowest BCUT2D eigenvalue weighted by molar-refractivity contribution is 0.635. The largest absolute Gasteiger partial charge is 0.252 e. The second-order valence-corrected chi connectivity index (χ2v) is 5.16. The summed E-state index contributed by atoms with van der Waals surface area (Å²) in [6.45, 7) is 1.88. The monoisotopic (exact) mass is 351 g/mol. The van der Waals surface area contributed by atoms with Crippen LogP contribution in [0.15, 0.2) is 21.2 Å². The van der Waals surface area contributed by atoms with Crippen molar-refractivity contribution in [1.82, 2.24) is 4.98 Å². The lowest BCUT2D eigenvalue weighted by Gasteiger charge is -2.08. The number of fused-ring (bicyclic) bond motifs is 1. The Bertz CT molecular complexity index is 549. The van der Waals surface area contributed by atoms with E-state index < -0.39 is 0 Å². The van der Waals surface area contributed by atoms with Gasteiger partial charge in [-0.25, -0.2) is 4.39 Å². The average molecular weight is 353 g/mol. The van der Waals surface area contributed by atoms with Crippen molar-refractivity contribution in [3.8, 4) is 0 Å². The summed E-state index contributed by atoms with van der Waals surface area (Å²) >= 11 is 12.6. The molecule has 0 radical (unpaired) electrons. The van der Waals surface area contributed by atoms with E-state index in [1.807, 2.05) is 6.92 Å². The first kappa shape index (κ1) is 11.3. The van der Waals surface area contributed by atoms with E-state index in [0.717, 1.165) is 5.56 Å². The summed E-state index contributed by atoms with van der Waals surface area (Å²) in [5.41, 5.74) is 1.24. The van der Waals surface area contributed by atoms with Gasteiger partial charge in [-0.2, -0.15) is 0 Å². The van der Waals surface area contributed by atoms with E-state index in [1.54, 1.807) is 0 Å². The molecule has 1 heterocycles. The van der Waals surface area contributed by atoms with Crippen molar-refractivity contribution in [1.29, 1.82) is 0 Å². The van der Waals surface area contributed by atoms with Gasteiger partial charge in [0, 0.05) is 20.5 Å². The Morgan fingerprint density at radius 3 is 2.73 bits per heavy atom. The van der Waals surface area contributed by atoms with Gasteiger partial charge in [0.2, 0.25) is 0 Å². The summed E-state index contributed by atoms with van der Waals surface area (Å²) in [5.74, 6) is -0.361. The van der Waals surface area contributed by atoms with Crippen LogP contribution >= 0.6 is 43.5 Å². The Balaban J connectivity index is 3.04. The Morgan fingerprint density at radius 2 is 2.07 bits per heavy atom. The topological polar surface area (TPSA) is 12.9 Å². The molecule has 0 aliphatic heterocycles. The van der Waals surface area contributed by atoms with Crippen LogP contribution in [0.2, 0.25) is 5.02 Å². The van der Waals surface area contributed by atoms with Crippen molar-refractivity contribution in [3.63, 3.8) is 0 Å². The number of halogens is 4. The zero-order valence-corrected chi connectivity index (χ0v) is 11.5. The summed E-state index contributed by atoms with van der Waals surface area (Å²) in [5, 5.41) is 1.18. The molecule has 2 rings (SSSR count). The maximum Gasteiger partial charge on any atom is 0.150 e. The number of pyridine rings is 1. The summed E-state index contributed by atoms with van der Waals surface area (Å²) < 4.78 is 15.0. The van der Waals surface area contributed by atoms with E-state index in [1.165, 1.54) is 12.3 Å². The fourth-order valence-electron chi connectivity index (χ4n) is 1.40. The van der Waals surface area contributed by atoms with Gasteiger partial charge in [0.15, 0.2) is 5.82 Å². The van der Waals surface area contributed by atoms with E-state index in [-0.39, 0.29) is 5.82 Å². The summed E-state index contributed by atoms with van der Waals surface area (Å²) in [6, 6.07) is 1.41. The van der Waals surface area contributed by atoms with Gasteiger partial charge >= 0.3 is 0 Å². The molecular weight excluding hydrogens is 348 g/mol. The number of benzene rings is 1. The van der Waals surface area contributed by atoms with Crippen molar-refractivity contribution < 1.29 is 4.39 Å². The fraction of sp³-hybridized carbons (Fsp3) is 0.100. The van der Waals surface area contributed by atoms with Crippen molar-refractivity contribution in [2.45, 2.75) is 6.92 Å². The van der Waals surface area contributed by atoms with Crippen LogP contribution in [0.3, 0.4) is 0 Å². The molecule has 0 N–H and O–H groups in total. The quantitative estimate of drug-likeness (QED) is 0.659. The molecule has 1 nitrogen and oxygen atoms in total. The highest BCUT2D eigenvalue weighted by Gasteiger charge is 2.13. The first-order valence-electron chi connectivity index (χ1n) is 4.10. The molecule has 2 aromatic rings. The Labute approximate surface area is 108 Å². The van der Waals surface area contributed by atoms with Crippen LogP contribution in [-0.2, 0) is 0 Å². The molecule has 0 saturated heterocycles. The van der Waals surface area contributed by atoms with Crippen LogP contribution in [0.4, 0.5) is 4.39 Å². The van der Waals surface area contributed by atoms with Crippen LogP contribution in [0.1, 0.15) is 5.56 Å². The molecule has 78 valence electrons. The van der Waals surface area contributed by atoms with Crippen molar-refractivity contribution >= 4 is 54.4 Å². The van der Waals surface area contributed by atoms with Gasteiger partial charge in [-0.1, -0.05) is 27.5 Å². The van der Waals surface area contributed by atoms with Gasteiger partial charge in [-0.15, -0.1) is 0 Å². The lowest BCUT2D eigenvalue weighted by atomic mass is 10.1. The van der Waals surface area contributed by atoms with E-state index in [4.69, 9.17) is 11.6 Å². The van der Waals surface area contributed by atoms with E-state index in [0.29, 0.717) is 24.9 Å². The second kappa shape index (κ2) is 4.00. The first-order valence-corrected chi connectivity index (χ1v) is 6.07. The molecule has 15 heavy (non-hydrogen) atoms. The van der Waals surface area contributed by atoms with Gasteiger partial charge in [-0.3, -0.25) is 4.98 Å². The Hall–Kier alpha value is -0.190. The van der Waals surface area contributed by atoms with Crippen LogP contribution in [-0.4, -0.2) is 4.98 Å². The number of aryl methyl sites for hydroxylation is 1. The number of nitrogens with zero attached hydrogens (tertiary/aromatic N) is 1. The molecule has 0 amide bonds. The Kier molecular flexibility index (Phi) is 3.01. The third-order valence-electron chi connectivity index (χ3n) is 2.19. The van der Waals surface area contributed by atoms with Gasteiger partial charge in [0.1, 0.15) is 5.52 Å². The van der Waals surface area contributed by atoms with E-state index in [2.05, 4.69) is 36.8 Å². The highest BCUT2D eigenvalue weighted by Crippen LogP contribution is 2.35. The smallest absolute Gasteiger partial charge is 0.150 e. The molecule has 0 saturated carbocycles. The number of hydrogen-bond acceptors (Lipinski definition) is 1. The fourth-order valence-corrected chi connectivity index (χ4v) is 2.53. The average Bonchev–Trinajstić information content (AvgIpc) is 2.19. The second-order valence-electron chi connectivity index (χ2n) is 3.11. The van der Waals surface area contributed by atoms with Crippen LogP contribution in [0, 0.1) is 12.7 Å². The minimum absolute atomic E-state index is 0.326. The minimum Gasteiger partial charge on any atom is -0.252 e. The molecule has 0 spiro atoms. The van der Waals surface area contributed by atoms with E-state index >= 15 is 0 Å². The minimum atomic E-state index is -0.361. The molecule has 0 aliphatic rings. The zero-order chi connectivity index (χ0) is 11.2. The highest BCUT2D eigenvalue weighted by atomic mass is 79.9. The molecule has 1 aromatic carbocycles. The SMILES string of the molecule is Cc1c(Br)cc(F)c2ncc(Cl)c(Br)c12. The van der Waals surface area contributed by atoms with Gasteiger partial charge in [-0.05, 0) is 34.5 Å². The molecule has 1 aromatic heterocycles. The molecule has 0 fully saturated rings. The molecule has 5 heteroatoms. The standard InChI is InChI=1S/C10H5Br2ClFN/c1-4-5(11)2-7(14)10-8(4)9(12)6(13)3-15-10/h2-3H,1H3. The lowest BCUT2D eigenvalue weighted by Crippen LogP contribution is -1.90. The summed E-state index contributed by atoms with van der Waals surface area (Å²) in [7, 11) is 0. The van der Waals surface area contributed by atoms with Crippen LogP contribution in [0.5, 0.6) is 0 Å². The summed E-state index contributed by atoms with van der Waals surface area (Å²) in [6.07, 6.45) is 1.43. The van der Waals surface area contributed by atoms with Gasteiger partial charge in [0.25, 0.3) is 0 Å². The van der Waals surface area contributed by atoms with Crippen molar-refractivity contribution in [2.24, 2.45) is 0 Å². The highest BCUT2D eigenvalue weighted by molar-refractivity contribution is 9.11. The maximum absolute atomic E-state index is 13.6. The number of hydrogen-bond donors (Lipinski definition) is 0. The van der Waals surface area contributed by atoms with Crippen molar-refractivity contribution in [3.05, 3.63) is 37.6 Å². The zero-order valence-electron chi connectivity index (χ0n) is 7.61. The third-order valence-corrected chi connectivity index (χ3v) is 4.35. The van der Waals surface area contributed by atoms with Gasteiger partial charge in [0.05, 0.1) is 5.02 Å². The van der Waals surface area contributed by atoms with Crippen LogP contribution < -0.4 is 0 Å². The maximum atomic E-state index is 13.6. The molecule has 0 aliphatic carbocycles. The third kappa shape index (κ3) is 1.79.